The smallest absolute Gasteiger partial charge is 0.264 e. The molecule has 0 saturated carbocycles. The molecule has 0 radical (unpaired) electrons. The number of benzene rings is 1. The fraction of sp³-hybridized carbons (Fsp3) is 0.409. The van der Waals surface area contributed by atoms with Crippen LogP contribution in [0, 0.1) is 12.8 Å². The molecule has 0 spiro atoms. The Morgan fingerprint density at radius 3 is 2.84 bits per heavy atom. The van der Waals surface area contributed by atoms with Crippen LogP contribution in [0.2, 0.25) is 0 Å². The quantitative estimate of drug-likeness (QED) is 0.649. The highest BCUT2D eigenvalue weighted by Gasteiger charge is 2.29. The van der Waals surface area contributed by atoms with Crippen molar-refractivity contribution in [3.05, 3.63) is 52.2 Å². The van der Waals surface area contributed by atoms with E-state index in [4.69, 9.17) is 0 Å². The Labute approximate surface area is 185 Å². The number of aromatic nitrogens is 2. The third-order valence-electron chi connectivity index (χ3n) is 6.22. The first kappa shape index (κ1) is 20.4. The minimum absolute atomic E-state index is 0.0304. The van der Waals surface area contributed by atoms with Gasteiger partial charge < -0.3 is 10.2 Å². The van der Waals surface area contributed by atoms with E-state index in [1.807, 2.05) is 24.0 Å². The van der Waals surface area contributed by atoms with Gasteiger partial charge in [0.2, 0.25) is 0 Å². The Morgan fingerprint density at radius 1 is 1.26 bits per heavy atom. The summed E-state index contributed by atoms with van der Waals surface area (Å²) in [6.45, 7) is 3.82. The summed E-state index contributed by atoms with van der Waals surface area (Å²) >= 11 is 1.40. The molecule has 9 heteroatoms. The molecule has 2 aromatic heterocycles. The fourth-order valence-electron chi connectivity index (χ4n) is 4.50. The zero-order chi connectivity index (χ0) is 21.6. The number of carbonyl (C=O) groups is 1. The van der Waals surface area contributed by atoms with Gasteiger partial charge in [0.25, 0.3) is 5.91 Å². The van der Waals surface area contributed by atoms with Crippen molar-refractivity contribution in [1.29, 1.82) is 0 Å². The number of anilines is 1. The Kier molecular flexibility index (Phi) is 5.18. The third-order valence-corrected chi connectivity index (χ3v) is 9.25. The molecule has 31 heavy (non-hydrogen) atoms. The Morgan fingerprint density at radius 2 is 2.06 bits per heavy atom. The van der Waals surface area contributed by atoms with Crippen molar-refractivity contribution >= 4 is 43.1 Å². The van der Waals surface area contributed by atoms with E-state index in [1.54, 1.807) is 0 Å². The van der Waals surface area contributed by atoms with Crippen molar-refractivity contribution in [1.82, 2.24) is 14.9 Å². The molecular formula is C22H24N4O3S2. The Balaban J connectivity index is 1.39. The van der Waals surface area contributed by atoms with Crippen LogP contribution < -0.4 is 5.32 Å². The first-order valence-electron chi connectivity index (χ1n) is 10.5. The summed E-state index contributed by atoms with van der Waals surface area (Å²) in [5.74, 6) is 1.27. The zero-order valence-electron chi connectivity index (χ0n) is 17.3. The Hall–Kier alpha value is -2.52. The molecule has 7 nitrogen and oxygen atoms in total. The van der Waals surface area contributed by atoms with Crippen LogP contribution in [0.3, 0.4) is 0 Å². The molecule has 0 aliphatic carbocycles. The Bertz CT molecular complexity index is 1270. The second kappa shape index (κ2) is 7.87. The van der Waals surface area contributed by atoms with Gasteiger partial charge in [-0.25, -0.2) is 18.4 Å². The summed E-state index contributed by atoms with van der Waals surface area (Å²) in [6, 6.07) is 8.27. The van der Waals surface area contributed by atoms with Gasteiger partial charge in [0, 0.05) is 19.6 Å². The molecular weight excluding hydrogens is 432 g/mol. The van der Waals surface area contributed by atoms with E-state index in [2.05, 4.69) is 27.4 Å². The highest BCUT2D eigenvalue weighted by Crippen LogP contribution is 2.35. The van der Waals surface area contributed by atoms with Crippen molar-refractivity contribution in [2.75, 3.05) is 29.9 Å². The molecule has 162 valence electrons. The van der Waals surface area contributed by atoms with Gasteiger partial charge in [0.05, 0.1) is 21.8 Å². The molecule has 2 aliphatic heterocycles. The molecule has 1 atom stereocenters. The van der Waals surface area contributed by atoms with Crippen LogP contribution in [0.25, 0.3) is 10.2 Å². The van der Waals surface area contributed by atoms with Gasteiger partial charge in [-0.1, -0.05) is 24.3 Å². The predicted molar refractivity (Wildman–Crippen MR) is 122 cm³/mol. The van der Waals surface area contributed by atoms with Crippen LogP contribution in [-0.2, 0) is 22.8 Å². The number of sulfone groups is 1. The summed E-state index contributed by atoms with van der Waals surface area (Å²) in [7, 11) is -2.91. The highest BCUT2D eigenvalue weighted by atomic mass is 32.2. The van der Waals surface area contributed by atoms with Crippen molar-refractivity contribution < 1.29 is 13.2 Å². The van der Waals surface area contributed by atoms with Crippen molar-refractivity contribution in [2.24, 2.45) is 5.92 Å². The number of nitrogens with one attached hydrogen (secondary N) is 1. The first-order chi connectivity index (χ1) is 14.9. The number of fused-ring (bicyclic) bond motifs is 2. The van der Waals surface area contributed by atoms with Crippen molar-refractivity contribution in [3.8, 4) is 0 Å². The lowest BCUT2D eigenvalue weighted by atomic mass is 9.99. The van der Waals surface area contributed by atoms with Gasteiger partial charge in [-0.15, -0.1) is 11.3 Å². The van der Waals surface area contributed by atoms with Gasteiger partial charge in [0.15, 0.2) is 9.84 Å². The lowest BCUT2D eigenvalue weighted by Gasteiger charge is -2.28. The second-order valence-electron chi connectivity index (χ2n) is 8.35. The number of hydrogen-bond donors (Lipinski definition) is 1. The van der Waals surface area contributed by atoms with Gasteiger partial charge in [0.1, 0.15) is 17.0 Å². The zero-order valence-corrected chi connectivity index (χ0v) is 18.9. The van der Waals surface area contributed by atoms with E-state index in [1.165, 1.54) is 28.8 Å². The topological polar surface area (TPSA) is 92.3 Å². The van der Waals surface area contributed by atoms with Gasteiger partial charge in [-0.3, -0.25) is 4.79 Å². The second-order valence-corrected chi connectivity index (χ2v) is 11.6. The maximum absolute atomic E-state index is 13.4. The van der Waals surface area contributed by atoms with Gasteiger partial charge in [-0.2, -0.15) is 0 Å². The van der Waals surface area contributed by atoms with Crippen LogP contribution in [0.1, 0.15) is 32.8 Å². The average molecular weight is 457 g/mol. The van der Waals surface area contributed by atoms with E-state index in [-0.39, 0.29) is 23.3 Å². The highest BCUT2D eigenvalue weighted by molar-refractivity contribution is 7.91. The minimum Gasteiger partial charge on any atom is -0.369 e. The molecule has 4 heterocycles. The largest absolute Gasteiger partial charge is 0.369 e. The first-order valence-corrected chi connectivity index (χ1v) is 13.1. The standard InChI is InChI=1S/C22H24N4O3S2/c1-14-18-20(23-10-15-7-9-31(28,29)12-15)24-13-25-21(18)30-19(14)22(27)26-8-6-16-4-2-3-5-17(16)11-26/h2-5,13,15H,6-12H2,1H3,(H,23,24,25)/t15-/m1/s1. The van der Waals surface area contributed by atoms with E-state index in [0.29, 0.717) is 36.8 Å². The number of aryl methyl sites for hydroxylation is 1. The summed E-state index contributed by atoms with van der Waals surface area (Å²) in [5.41, 5.74) is 3.39. The van der Waals surface area contributed by atoms with E-state index >= 15 is 0 Å². The van der Waals surface area contributed by atoms with Crippen LogP contribution in [-0.4, -0.2) is 53.8 Å². The van der Waals surface area contributed by atoms with E-state index < -0.39 is 9.84 Å². The molecule has 3 aromatic rings. The molecule has 5 rings (SSSR count). The summed E-state index contributed by atoms with van der Waals surface area (Å²) < 4.78 is 23.5. The third kappa shape index (κ3) is 3.92. The van der Waals surface area contributed by atoms with Crippen molar-refractivity contribution in [2.45, 2.75) is 26.3 Å². The summed E-state index contributed by atoms with van der Waals surface area (Å²) in [5, 5.41) is 4.17. The number of amides is 1. The number of thiophene rings is 1. The summed E-state index contributed by atoms with van der Waals surface area (Å²) in [4.78, 5) is 25.5. The molecule has 0 bridgehead atoms. The molecule has 1 aromatic carbocycles. The monoisotopic (exact) mass is 456 g/mol. The SMILES string of the molecule is Cc1c(C(=O)N2CCc3ccccc3C2)sc2ncnc(NC[C@H]3CCS(=O)(=O)C3)c12. The molecule has 1 N–H and O–H groups in total. The molecule has 1 amide bonds. The molecule has 1 fully saturated rings. The maximum Gasteiger partial charge on any atom is 0.264 e. The molecule has 2 aliphatic rings. The number of rotatable bonds is 4. The number of hydrogen-bond acceptors (Lipinski definition) is 7. The molecule has 1 saturated heterocycles. The van der Waals surface area contributed by atoms with Gasteiger partial charge >= 0.3 is 0 Å². The summed E-state index contributed by atoms with van der Waals surface area (Å²) in [6.07, 6.45) is 3.03. The van der Waals surface area contributed by atoms with Crippen LogP contribution in [0.5, 0.6) is 0 Å². The van der Waals surface area contributed by atoms with Crippen LogP contribution in [0.4, 0.5) is 5.82 Å². The maximum atomic E-state index is 13.4. The number of carbonyl (C=O) groups excluding carboxylic acids is 1. The lowest BCUT2D eigenvalue weighted by molar-refractivity contribution is 0.0739. The fourth-order valence-corrected chi connectivity index (χ4v) is 7.47. The number of nitrogens with zero attached hydrogens (tertiary/aromatic N) is 3. The van der Waals surface area contributed by atoms with Crippen LogP contribution >= 0.6 is 11.3 Å². The van der Waals surface area contributed by atoms with E-state index in [9.17, 15) is 13.2 Å². The van der Waals surface area contributed by atoms with Crippen LogP contribution in [0.15, 0.2) is 30.6 Å². The normalized spacial score (nSPS) is 20.0. The lowest BCUT2D eigenvalue weighted by Crippen LogP contribution is -2.35. The molecule has 0 unspecified atom stereocenters. The predicted octanol–water partition coefficient (Wildman–Crippen LogP) is 3.04. The minimum atomic E-state index is -2.91. The van der Waals surface area contributed by atoms with E-state index in [0.717, 1.165) is 22.2 Å². The van der Waals surface area contributed by atoms with Crippen molar-refractivity contribution in [3.63, 3.8) is 0 Å². The van der Waals surface area contributed by atoms with Gasteiger partial charge in [-0.05, 0) is 42.4 Å². The average Bonchev–Trinajstić information content (AvgIpc) is 3.30.